The summed E-state index contributed by atoms with van der Waals surface area (Å²) in [5.41, 5.74) is 0. The zero-order valence-corrected chi connectivity index (χ0v) is 51.0. The predicted octanol–water partition coefficient (Wildman–Crippen LogP) is 21.7. The van der Waals surface area contributed by atoms with Gasteiger partial charge in [-0.1, -0.05) is 306 Å². The topological polar surface area (TPSA) is 95.9 Å². The zero-order chi connectivity index (χ0) is 55.0. The third kappa shape index (κ3) is 61.0. The number of amides is 1. The summed E-state index contributed by atoms with van der Waals surface area (Å²) in [4.78, 5) is 24.6. The summed E-state index contributed by atoms with van der Waals surface area (Å²) in [6.45, 7) is 4.91. The largest absolute Gasteiger partial charge is 0.466 e. The molecule has 446 valence electrons. The standard InChI is InChI=1S/C70H131NO5/c1-3-5-7-9-11-13-15-17-19-21-32-36-40-44-48-52-56-60-64-70(75)76-65-61-57-53-49-45-41-37-33-30-28-26-24-22-23-25-27-29-31-35-39-43-47-51-55-59-63-69(74)71-67(66-72)68(73)62-58-54-50-46-42-38-34-20-18-16-14-12-10-8-6-4-2/h19,21,23-26,58,62,67-68,72-73H,3-18,20,22,27-57,59-61,63-66H2,1-2H3,(H,71,74)/b21-19-,25-23-,26-24-,62-58+. The van der Waals surface area contributed by atoms with Crippen molar-refractivity contribution in [1.29, 1.82) is 0 Å². The summed E-state index contributed by atoms with van der Waals surface area (Å²) in [5.74, 6) is -0.0670. The fourth-order valence-electron chi connectivity index (χ4n) is 10.4. The van der Waals surface area contributed by atoms with Gasteiger partial charge in [-0.3, -0.25) is 9.59 Å². The Labute approximate surface area is 474 Å². The molecule has 0 saturated heterocycles. The fraction of sp³-hybridized carbons (Fsp3) is 0.857. The van der Waals surface area contributed by atoms with Gasteiger partial charge in [0, 0.05) is 12.8 Å². The number of esters is 1. The van der Waals surface area contributed by atoms with Crippen molar-refractivity contribution < 1.29 is 24.5 Å². The summed E-state index contributed by atoms with van der Waals surface area (Å²) < 4.78 is 5.50. The van der Waals surface area contributed by atoms with E-state index in [2.05, 4.69) is 55.6 Å². The lowest BCUT2D eigenvalue weighted by Gasteiger charge is -2.20. The van der Waals surface area contributed by atoms with Gasteiger partial charge in [0.1, 0.15) is 0 Å². The second kappa shape index (κ2) is 65.3. The first kappa shape index (κ1) is 73.8. The number of carbonyl (C=O) groups excluding carboxylic acids is 2. The van der Waals surface area contributed by atoms with Crippen LogP contribution in [0.3, 0.4) is 0 Å². The van der Waals surface area contributed by atoms with Crippen LogP contribution in [-0.4, -0.2) is 47.4 Å². The molecule has 2 atom stereocenters. The smallest absolute Gasteiger partial charge is 0.305 e. The monoisotopic (exact) mass is 1070 g/mol. The molecule has 3 N–H and O–H groups in total. The molecule has 0 fully saturated rings. The van der Waals surface area contributed by atoms with Crippen LogP contribution in [0, 0.1) is 0 Å². The summed E-state index contributed by atoms with van der Waals surface area (Å²) in [6, 6.07) is -0.633. The van der Waals surface area contributed by atoms with Crippen LogP contribution in [0.1, 0.15) is 361 Å². The van der Waals surface area contributed by atoms with E-state index in [9.17, 15) is 19.8 Å². The average molecular weight is 1070 g/mol. The summed E-state index contributed by atoms with van der Waals surface area (Å²) in [5, 5.41) is 23.2. The summed E-state index contributed by atoms with van der Waals surface area (Å²) in [6.07, 6.45) is 84.6. The lowest BCUT2D eigenvalue weighted by molar-refractivity contribution is -0.143. The van der Waals surface area contributed by atoms with Gasteiger partial charge in [0.05, 0.1) is 25.4 Å². The molecule has 6 nitrogen and oxygen atoms in total. The molecule has 0 aromatic rings. The van der Waals surface area contributed by atoms with E-state index in [0.717, 1.165) is 51.4 Å². The molecule has 0 rings (SSSR count). The molecule has 2 unspecified atom stereocenters. The maximum Gasteiger partial charge on any atom is 0.305 e. The number of hydrogen-bond acceptors (Lipinski definition) is 5. The van der Waals surface area contributed by atoms with Crippen LogP contribution in [0.4, 0.5) is 0 Å². The van der Waals surface area contributed by atoms with Crippen molar-refractivity contribution >= 4 is 11.9 Å². The van der Waals surface area contributed by atoms with Gasteiger partial charge in [-0.05, 0) is 89.9 Å². The second-order valence-corrected chi connectivity index (χ2v) is 23.1. The van der Waals surface area contributed by atoms with Gasteiger partial charge in [0.25, 0.3) is 0 Å². The SMILES string of the molecule is CCCCCCCCC/C=C\CCCCCCCCCC(=O)OCCCCCCCCCCC/C=C\C/C=C\CCCCCCCCCCCC(=O)NC(CO)C(O)/C=C/CCCCCCCCCCCCCCCC. The van der Waals surface area contributed by atoms with Crippen molar-refractivity contribution in [3.63, 3.8) is 0 Å². The summed E-state index contributed by atoms with van der Waals surface area (Å²) in [7, 11) is 0. The van der Waals surface area contributed by atoms with Crippen molar-refractivity contribution in [2.45, 2.75) is 373 Å². The zero-order valence-electron chi connectivity index (χ0n) is 51.0. The number of unbranched alkanes of at least 4 members (excludes halogenated alkanes) is 46. The van der Waals surface area contributed by atoms with Gasteiger partial charge in [-0.25, -0.2) is 0 Å². The maximum absolute atomic E-state index is 12.5. The van der Waals surface area contributed by atoms with E-state index >= 15 is 0 Å². The molecular formula is C70H131NO5. The second-order valence-electron chi connectivity index (χ2n) is 23.1. The van der Waals surface area contributed by atoms with Gasteiger partial charge in [-0.15, -0.1) is 0 Å². The van der Waals surface area contributed by atoms with Crippen LogP contribution in [0.15, 0.2) is 48.6 Å². The first-order chi connectivity index (χ1) is 37.5. The fourth-order valence-corrected chi connectivity index (χ4v) is 10.4. The highest BCUT2D eigenvalue weighted by molar-refractivity contribution is 5.76. The van der Waals surface area contributed by atoms with E-state index in [1.807, 2.05) is 6.08 Å². The van der Waals surface area contributed by atoms with Crippen molar-refractivity contribution in [3.05, 3.63) is 48.6 Å². The van der Waals surface area contributed by atoms with Crippen molar-refractivity contribution in [1.82, 2.24) is 5.32 Å². The Kier molecular flexibility index (Phi) is 63.5. The van der Waals surface area contributed by atoms with E-state index < -0.39 is 12.1 Å². The summed E-state index contributed by atoms with van der Waals surface area (Å²) >= 11 is 0. The quantitative estimate of drug-likeness (QED) is 0.0320. The molecule has 0 saturated carbocycles. The Balaban J connectivity index is 3.44. The van der Waals surface area contributed by atoms with E-state index in [1.54, 1.807) is 6.08 Å². The normalized spacial score (nSPS) is 12.8. The Morgan fingerprint density at radius 1 is 0.368 bits per heavy atom. The Hall–Kier alpha value is -2.18. The number of hydrogen-bond donors (Lipinski definition) is 3. The Morgan fingerprint density at radius 3 is 1.01 bits per heavy atom. The Morgan fingerprint density at radius 2 is 0.658 bits per heavy atom. The number of aliphatic hydroxyl groups excluding tert-OH is 2. The molecule has 0 bridgehead atoms. The highest BCUT2D eigenvalue weighted by Gasteiger charge is 2.18. The predicted molar refractivity (Wildman–Crippen MR) is 333 cm³/mol. The van der Waals surface area contributed by atoms with Crippen LogP contribution >= 0.6 is 0 Å². The molecule has 0 aliphatic heterocycles. The van der Waals surface area contributed by atoms with E-state index in [4.69, 9.17) is 4.74 Å². The number of rotatable bonds is 63. The van der Waals surface area contributed by atoms with Crippen LogP contribution in [0.25, 0.3) is 0 Å². The number of aliphatic hydroxyl groups is 2. The molecule has 0 spiro atoms. The van der Waals surface area contributed by atoms with Gasteiger partial charge in [0.15, 0.2) is 0 Å². The lowest BCUT2D eigenvalue weighted by atomic mass is 10.0. The van der Waals surface area contributed by atoms with Crippen molar-refractivity contribution in [2.24, 2.45) is 0 Å². The van der Waals surface area contributed by atoms with Crippen molar-refractivity contribution in [2.75, 3.05) is 13.2 Å². The maximum atomic E-state index is 12.5. The molecule has 6 heteroatoms. The highest BCUT2D eigenvalue weighted by atomic mass is 16.5. The molecule has 1 amide bonds. The van der Waals surface area contributed by atoms with Crippen LogP contribution < -0.4 is 5.32 Å². The Bertz CT molecular complexity index is 1270. The van der Waals surface area contributed by atoms with E-state index in [0.29, 0.717) is 19.4 Å². The number of allylic oxidation sites excluding steroid dienone is 7. The van der Waals surface area contributed by atoms with E-state index in [-0.39, 0.29) is 18.5 Å². The molecule has 0 aliphatic rings. The first-order valence-corrected chi connectivity index (χ1v) is 33.9. The van der Waals surface area contributed by atoms with Crippen LogP contribution in [-0.2, 0) is 14.3 Å². The molecule has 0 aromatic heterocycles. The van der Waals surface area contributed by atoms with Crippen molar-refractivity contribution in [3.8, 4) is 0 Å². The van der Waals surface area contributed by atoms with Crippen LogP contribution in [0.5, 0.6) is 0 Å². The minimum Gasteiger partial charge on any atom is -0.466 e. The molecule has 0 radical (unpaired) electrons. The minimum absolute atomic E-state index is 0.00570. The third-order valence-corrected chi connectivity index (χ3v) is 15.6. The lowest BCUT2D eigenvalue weighted by Crippen LogP contribution is -2.45. The molecule has 0 aromatic carbocycles. The molecule has 0 heterocycles. The van der Waals surface area contributed by atoms with Gasteiger partial charge in [0.2, 0.25) is 5.91 Å². The third-order valence-electron chi connectivity index (χ3n) is 15.6. The van der Waals surface area contributed by atoms with Crippen LogP contribution in [0.2, 0.25) is 0 Å². The highest BCUT2D eigenvalue weighted by Crippen LogP contribution is 2.17. The number of ether oxygens (including phenoxy) is 1. The minimum atomic E-state index is -0.849. The van der Waals surface area contributed by atoms with E-state index in [1.165, 1.54) is 283 Å². The van der Waals surface area contributed by atoms with Gasteiger partial charge in [-0.2, -0.15) is 0 Å². The first-order valence-electron chi connectivity index (χ1n) is 33.9. The number of carbonyl (C=O) groups is 2. The van der Waals surface area contributed by atoms with Gasteiger partial charge >= 0.3 is 5.97 Å². The average Bonchev–Trinajstić information content (AvgIpc) is 3.42. The molecule has 0 aliphatic carbocycles. The number of nitrogens with one attached hydrogen (secondary N) is 1. The molecular weight excluding hydrogens is 935 g/mol. The van der Waals surface area contributed by atoms with Gasteiger partial charge < -0.3 is 20.3 Å². The molecule has 76 heavy (non-hydrogen) atoms.